The Kier molecular flexibility index (Phi) is 13.9. The third kappa shape index (κ3) is 13.1. The Morgan fingerprint density at radius 2 is 1.31 bits per heavy atom. The fraction of sp³-hybridized carbons (Fsp3) is 0.667. The lowest BCUT2D eigenvalue weighted by Crippen LogP contribution is -2.53. The van der Waals surface area contributed by atoms with Crippen LogP contribution >= 0.6 is 0 Å². The second-order valence-electron chi connectivity index (χ2n) is 6.99. The highest BCUT2D eigenvalue weighted by Crippen LogP contribution is 2.03. The van der Waals surface area contributed by atoms with Gasteiger partial charge in [-0.2, -0.15) is 0 Å². The Balaban J connectivity index is 4.91. The van der Waals surface area contributed by atoms with Crippen molar-refractivity contribution in [2.75, 3.05) is 13.1 Å². The van der Waals surface area contributed by atoms with Crippen LogP contribution in [0.15, 0.2) is 0 Å². The lowest BCUT2D eigenvalue weighted by Gasteiger charge is -2.21. The molecule has 3 atom stereocenters. The van der Waals surface area contributed by atoms with Crippen LogP contribution in [0.2, 0.25) is 0 Å². The first kappa shape index (κ1) is 28.7. The number of hydrogen-bond donors (Lipinski definition) is 8. The van der Waals surface area contributed by atoms with Crippen LogP contribution in [0, 0.1) is 0 Å². The van der Waals surface area contributed by atoms with Gasteiger partial charge in [0, 0.05) is 12.8 Å². The van der Waals surface area contributed by atoms with E-state index in [1.807, 2.05) is 0 Å². The van der Waals surface area contributed by atoms with E-state index in [9.17, 15) is 28.8 Å². The number of carboxylic acids is 3. The summed E-state index contributed by atoms with van der Waals surface area (Å²) >= 11 is 0. The predicted octanol–water partition coefficient (Wildman–Crippen LogP) is -2.66. The van der Waals surface area contributed by atoms with E-state index in [-0.39, 0.29) is 6.42 Å². The van der Waals surface area contributed by atoms with Crippen LogP contribution in [-0.4, -0.2) is 82.2 Å². The van der Waals surface area contributed by atoms with Gasteiger partial charge >= 0.3 is 17.9 Å². The molecule has 0 spiro atoms. The van der Waals surface area contributed by atoms with E-state index in [0.29, 0.717) is 25.8 Å². The third-order valence-corrected chi connectivity index (χ3v) is 4.29. The molecule has 0 fully saturated rings. The summed E-state index contributed by atoms with van der Waals surface area (Å²) < 4.78 is 0. The molecule has 0 heterocycles. The first-order valence-corrected chi connectivity index (χ1v) is 9.97. The number of amides is 3. The summed E-state index contributed by atoms with van der Waals surface area (Å²) in [6.45, 7) is -0.0861. The summed E-state index contributed by atoms with van der Waals surface area (Å²) in [5, 5.41) is 33.3. The molecule has 14 heteroatoms. The van der Waals surface area contributed by atoms with Crippen LogP contribution in [0.1, 0.15) is 44.9 Å². The molecule has 0 bridgehead atoms. The number of carboxylic acid groups (broad SMARTS) is 3. The molecule has 0 aliphatic heterocycles. The maximum Gasteiger partial charge on any atom is 0.326 e. The van der Waals surface area contributed by atoms with Crippen LogP contribution in [-0.2, 0) is 28.8 Å². The van der Waals surface area contributed by atoms with Gasteiger partial charge in [0.2, 0.25) is 17.7 Å². The first-order valence-electron chi connectivity index (χ1n) is 9.97. The third-order valence-electron chi connectivity index (χ3n) is 4.29. The molecule has 0 radical (unpaired) electrons. The van der Waals surface area contributed by atoms with E-state index in [1.165, 1.54) is 0 Å². The van der Waals surface area contributed by atoms with Crippen molar-refractivity contribution < 1.29 is 44.1 Å². The van der Waals surface area contributed by atoms with E-state index in [1.54, 1.807) is 0 Å². The molecule has 0 saturated heterocycles. The molecule has 10 N–H and O–H groups in total. The van der Waals surface area contributed by atoms with Gasteiger partial charge in [0.1, 0.15) is 12.1 Å². The molecule has 0 rings (SSSR count). The van der Waals surface area contributed by atoms with Crippen LogP contribution < -0.4 is 27.4 Å². The van der Waals surface area contributed by atoms with Crippen molar-refractivity contribution in [3.63, 3.8) is 0 Å². The number of nitrogens with two attached hydrogens (primary N) is 2. The Labute approximate surface area is 184 Å². The van der Waals surface area contributed by atoms with Gasteiger partial charge in [0.15, 0.2) is 0 Å². The van der Waals surface area contributed by atoms with Crippen molar-refractivity contribution >= 4 is 35.6 Å². The molecule has 182 valence electrons. The van der Waals surface area contributed by atoms with Crippen molar-refractivity contribution in [2.45, 2.75) is 63.1 Å². The topological polar surface area (TPSA) is 251 Å². The highest BCUT2D eigenvalue weighted by molar-refractivity contribution is 5.92. The van der Waals surface area contributed by atoms with Crippen LogP contribution in [0.5, 0.6) is 0 Å². The number of aliphatic carboxylic acids is 3. The van der Waals surface area contributed by atoms with Crippen molar-refractivity contribution in [1.29, 1.82) is 0 Å². The molecule has 0 aromatic rings. The van der Waals surface area contributed by atoms with E-state index < -0.39 is 79.6 Å². The Hall–Kier alpha value is -3.26. The number of hydrogen-bond acceptors (Lipinski definition) is 8. The average molecular weight is 461 g/mol. The van der Waals surface area contributed by atoms with Gasteiger partial charge in [-0.15, -0.1) is 0 Å². The lowest BCUT2D eigenvalue weighted by atomic mass is 10.1. The average Bonchev–Trinajstić information content (AvgIpc) is 2.71. The summed E-state index contributed by atoms with van der Waals surface area (Å²) in [5.41, 5.74) is 11.1. The number of carbonyl (C=O) groups is 6. The summed E-state index contributed by atoms with van der Waals surface area (Å²) in [5.74, 6) is -6.42. The maximum absolute atomic E-state index is 12.4. The van der Waals surface area contributed by atoms with Gasteiger partial charge in [-0.3, -0.25) is 24.0 Å². The molecule has 0 saturated carbocycles. The molecular formula is C18H31N5O9. The summed E-state index contributed by atoms with van der Waals surface area (Å²) in [6.07, 6.45) is -0.127. The van der Waals surface area contributed by atoms with Crippen molar-refractivity contribution in [3.05, 3.63) is 0 Å². The highest BCUT2D eigenvalue weighted by Gasteiger charge is 2.27. The predicted molar refractivity (Wildman–Crippen MR) is 109 cm³/mol. The zero-order chi connectivity index (χ0) is 24.7. The lowest BCUT2D eigenvalue weighted by molar-refractivity contribution is -0.144. The molecule has 0 aliphatic carbocycles. The summed E-state index contributed by atoms with van der Waals surface area (Å²) in [6, 6.07) is -3.82. The van der Waals surface area contributed by atoms with Gasteiger partial charge in [-0.05, 0) is 32.2 Å². The van der Waals surface area contributed by atoms with Crippen molar-refractivity contribution in [1.82, 2.24) is 16.0 Å². The van der Waals surface area contributed by atoms with E-state index in [2.05, 4.69) is 16.0 Å². The fourth-order valence-corrected chi connectivity index (χ4v) is 2.52. The minimum Gasteiger partial charge on any atom is -0.481 e. The van der Waals surface area contributed by atoms with Gasteiger partial charge in [0.25, 0.3) is 0 Å². The number of rotatable bonds is 17. The number of carbonyl (C=O) groups excluding carboxylic acids is 3. The molecular weight excluding hydrogens is 430 g/mol. The zero-order valence-corrected chi connectivity index (χ0v) is 17.5. The van der Waals surface area contributed by atoms with E-state index in [4.69, 9.17) is 26.8 Å². The molecule has 32 heavy (non-hydrogen) atoms. The molecule has 14 nitrogen and oxygen atoms in total. The second kappa shape index (κ2) is 15.5. The fourth-order valence-electron chi connectivity index (χ4n) is 2.52. The van der Waals surface area contributed by atoms with Gasteiger partial charge in [-0.25, -0.2) is 4.79 Å². The van der Waals surface area contributed by atoms with Gasteiger partial charge in [-0.1, -0.05) is 6.42 Å². The Morgan fingerprint density at radius 1 is 0.750 bits per heavy atom. The van der Waals surface area contributed by atoms with Crippen molar-refractivity contribution in [3.8, 4) is 0 Å². The number of nitrogens with one attached hydrogen (secondary N) is 3. The van der Waals surface area contributed by atoms with E-state index >= 15 is 0 Å². The molecule has 3 unspecified atom stereocenters. The molecule has 0 aromatic carbocycles. The van der Waals surface area contributed by atoms with Gasteiger partial charge < -0.3 is 42.7 Å². The summed E-state index contributed by atoms with van der Waals surface area (Å²) in [7, 11) is 0. The Morgan fingerprint density at radius 3 is 1.81 bits per heavy atom. The van der Waals surface area contributed by atoms with Crippen molar-refractivity contribution in [2.24, 2.45) is 11.5 Å². The van der Waals surface area contributed by atoms with Crippen LogP contribution in [0.4, 0.5) is 0 Å². The first-order chi connectivity index (χ1) is 15.0. The minimum absolute atomic E-state index is 0.356. The maximum atomic E-state index is 12.4. The quantitative estimate of drug-likeness (QED) is 0.104. The Bertz CT molecular complexity index is 686. The highest BCUT2D eigenvalue weighted by atomic mass is 16.4. The standard InChI is InChI=1S/C18H31N5O9/c19-8-2-1-3-10(20)16(29)21-9-13(24)22-11(4-6-14(25)26)17(30)23-12(18(31)32)5-7-15(27)28/h10-12H,1-9,19-20H2,(H,21,29)(H,22,24)(H,23,30)(H,25,26)(H,27,28)(H,31,32). The minimum atomic E-state index is -1.55. The van der Waals surface area contributed by atoms with E-state index in [0.717, 1.165) is 0 Å². The summed E-state index contributed by atoms with van der Waals surface area (Å²) in [4.78, 5) is 69.1. The zero-order valence-electron chi connectivity index (χ0n) is 17.5. The van der Waals surface area contributed by atoms with Gasteiger partial charge in [0.05, 0.1) is 12.6 Å². The largest absolute Gasteiger partial charge is 0.481 e. The number of unbranched alkanes of at least 4 members (excludes halogenated alkanes) is 1. The molecule has 3 amide bonds. The van der Waals surface area contributed by atoms with Crippen LogP contribution in [0.3, 0.4) is 0 Å². The monoisotopic (exact) mass is 461 g/mol. The SMILES string of the molecule is NCCCCC(N)C(=O)NCC(=O)NC(CCC(=O)O)C(=O)NC(CCC(=O)O)C(=O)O. The second-order valence-corrected chi connectivity index (χ2v) is 6.99. The molecule has 0 aromatic heterocycles. The normalized spacial score (nSPS) is 13.3. The molecule has 0 aliphatic rings. The van der Waals surface area contributed by atoms with Crippen LogP contribution in [0.25, 0.3) is 0 Å². The smallest absolute Gasteiger partial charge is 0.326 e.